The Bertz CT molecular complexity index is 326. The number of halogens is 2. The van der Waals surface area contributed by atoms with Crippen LogP contribution < -0.4 is 0 Å². The van der Waals surface area contributed by atoms with Crippen LogP contribution in [0.4, 0.5) is 0 Å². The Labute approximate surface area is 88.6 Å². The van der Waals surface area contributed by atoms with Gasteiger partial charge in [-0.05, 0) is 29.6 Å². The number of thiazole rings is 1. The molecule has 13 heavy (non-hydrogen) atoms. The van der Waals surface area contributed by atoms with Crippen molar-refractivity contribution < 1.29 is 4.92 Å². The molecule has 0 radical (unpaired) electrons. The van der Waals surface area contributed by atoms with E-state index in [-0.39, 0.29) is 5.01 Å². The minimum Gasteiger partial charge on any atom is -0.261 e. The molecular formula is C6H6Cl2N2O2S. The molecule has 0 saturated heterocycles. The zero-order valence-corrected chi connectivity index (χ0v) is 8.99. The van der Waals surface area contributed by atoms with E-state index in [0.717, 1.165) is 17.0 Å². The van der Waals surface area contributed by atoms with Crippen LogP contribution >= 0.6 is 34.5 Å². The summed E-state index contributed by atoms with van der Waals surface area (Å²) in [5.41, 5.74) is 0.757. The van der Waals surface area contributed by atoms with Crippen molar-refractivity contribution in [1.82, 2.24) is 4.98 Å². The molecule has 1 rings (SSSR count). The fourth-order valence-electron chi connectivity index (χ4n) is 0.686. The van der Waals surface area contributed by atoms with Crippen molar-refractivity contribution >= 4 is 34.5 Å². The highest BCUT2D eigenvalue weighted by Gasteiger charge is 2.43. The summed E-state index contributed by atoms with van der Waals surface area (Å²) in [4.78, 5) is 13.6. The predicted octanol–water partition coefficient (Wildman–Crippen LogP) is 2.57. The summed E-state index contributed by atoms with van der Waals surface area (Å²) in [6.45, 7) is 1.90. The Kier molecular flexibility index (Phi) is 3.10. The summed E-state index contributed by atoms with van der Waals surface area (Å²) in [6, 6.07) is 0. The Morgan fingerprint density at radius 2 is 2.38 bits per heavy atom. The molecule has 0 saturated carbocycles. The molecule has 1 aromatic rings. The highest BCUT2D eigenvalue weighted by molar-refractivity contribution is 7.10. The predicted molar refractivity (Wildman–Crippen MR) is 51.9 cm³/mol. The van der Waals surface area contributed by atoms with Gasteiger partial charge >= 0.3 is 4.46 Å². The number of aromatic nitrogens is 1. The minimum atomic E-state index is -2.11. The lowest BCUT2D eigenvalue weighted by Gasteiger charge is -2.05. The molecule has 7 heteroatoms. The maximum absolute atomic E-state index is 10.4. The lowest BCUT2D eigenvalue weighted by atomic mass is 10.4. The van der Waals surface area contributed by atoms with Crippen LogP contribution in [-0.4, -0.2) is 9.91 Å². The standard InChI is InChI=1S/C6H6Cl2N2O2S/c1-2-4-3-13-5(9-4)6(7,8)10(11)12/h3H,2H2,1H3. The summed E-state index contributed by atoms with van der Waals surface area (Å²) in [7, 11) is 0. The average Bonchev–Trinajstić information content (AvgIpc) is 2.51. The second-order valence-electron chi connectivity index (χ2n) is 2.30. The molecule has 0 amide bonds. The molecule has 0 aliphatic rings. The summed E-state index contributed by atoms with van der Waals surface area (Å²) < 4.78 is -2.11. The van der Waals surface area contributed by atoms with E-state index >= 15 is 0 Å². The van der Waals surface area contributed by atoms with Crippen LogP contribution in [0, 0.1) is 10.1 Å². The molecule has 72 valence electrons. The summed E-state index contributed by atoms with van der Waals surface area (Å²) >= 11 is 12.1. The topological polar surface area (TPSA) is 56.0 Å². The molecule has 4 nitrogen and oxygen atoms in total. The van der Waals surface area contributed by atoms with E-state index < -0.39 is 9.38 Å². The number of aryl methyl sites for hydroxylation is 1. The number of alkyl halides is 2. The van der Waals surface area contributed by atoms with Crippen LogP contribution in [0.15, 0.2) is 5.38 Å². The molecule has 0 aliphatic heterocycles. The van der Waals surface area contributed by atoms with Gasteiger partial charge in [-0.15, -0.1) is 11.3 Å². The zero-order chi connectivity index (χ0) is 10.1. The molecule has 0 bridgehead atoms. The summed E-state index contributed by atoms with van der Waals surface area (Å²) in [6.07, 6.45) is 0.706. The maximum Gasteiger partial charge on any atom is 0.422 e. The Morgan fingerprint density at radius 1 is 1.77 bits per heavy atom. The highest BCUT2D eigenvalue weighted by atomic mass is 35.5. The second kappa shape index (κ2) is 3.77. The second-order valence-corrected chi connectivity index (χ2v) is 4.44. The zero-order valence-electron chi connectivity index (χ0n) is 6.66. The third-order valence-electron chi connectivity index (χ3n) is 1.40. The molecule has 0 N–H and O–H groups in total. The monoisotopic (exact) mass is 240 g/mol. The van der Waals surface area contributed by atoms with Crippen LogP contribution in [0.25, 0.3) is 0 Å². The molecule has 0 spiro atoms. The smallest absolute Gasteiger partial charge is 0.261 e. The molecule has 0 aliphatic carbocycles. The summed E-state index contributed by atoms with van der Waals surface area (Å²) in [5, 5.41) is 12.2. The van der Waals surface area contributed by atoms with Crippen molar-refractivity contribution in [1.29, 1.82) is 0 Å². The van der Waals surface area contributed by atoms with Gasteiger partial charge in [0.2, 0.25) is 5.01 Å². The van der Waals surface area contributed by atoms with Gasteiger partial charge in [0.15, 0.2) is 0 Å². The van der Waals surface area contributed by atoms with Crippen LogP contribution in [0.1, 0.15) is 17.6 Å². The molecule has 0 fully saturated rings. The maximum atomic E-state index is 10.4. The molecule has 0 aromatic carbocycles. The first kappa shape index (κ1) is 10.7. The molecular weight excluding hydrogens is 235 g/mol. The number of nitrogens with zero attached hydrogens (tertiary/aromatic N) is 2. The lowest BCUT2D eigenvalue weighted by Crippen LogP contribution is -2.21. The number of hydrogen-bond acceptors (Lipinski definition) is 4. The van der Waals surface area contributed by atoms with E-state index in [1.54, 1.807) is 5.38 Å². The van der Waals surface area contributed by atoms with E-state index in [4.69, 9.17) is 23.2 Å². The quantitative estimate of drug-likeness (QED) is 0.353. The van der Waals surface area contributed by atoms with Gasteiger partial charge in [0.05, 0.1) is 10.6 Å². The van der Waals surface area contributed by atoms with Crippen molar-refractivity contribution in [3.05, 3.63) is 26.2 Å². The first-order chi connectivity index (χ1) is 5.98. The van der Waals surface area contributed by atoms with Crippen molar-refractivity contribution in [2.45, 2.75) is 17.8 Å². The van der Waals surface area contributed by atoms with Crippen molar-refractivity contribution in [2.24, 2.45) is 0 Å². The van der Waals surface area contributed by atoms with Crippen molar-refractivity contribution in [3.8, 4) is 0 Å². The third kappa shape index (κ3) is 2.10. The van der Waals surface area contributed by atoms with Crippen molar-refractivity contribution in [2.75, 3.05) is 0 Å². The number of hydrogen-bond donors (Lipinski definition) is 0. The van der Waals surface area contributed by atoms with E-state index in [0.29, 0.717) is 6.42 Å². The van der Waals surface area contributed by atoms with Gasteiger partial charge in [-0.1, -0.05) is 6.92 Å². The van der Waals surface area contributed by atoms with E-state index in [1.807, 2.05) is 6.92 Å². The number of rotatable bonds is 3. The van der Waals surface area contributed by atoms with Crippen LogP contribution in [0.5, 0.6) is 0 Å². The normalized spacial score (nSPS) is 11.6. The van der Waals surface area contributed by atoms with Gasteiger partial charge < -0.3 is 0 Å². The molecule has 0 atom stereocenters. The van der Waals surface area contributed by atoms with Gasteiger partial charge in [-0.3, -0.25) is 10.1 Å². The van der Waals surface area contributed by atoms with Crippen LogP contribution in [0.3, 0.4) is 0 Å². The largest absolute Gasteiger partial charge is 0.422 e. The number of nitro groups is 1. The fraction of sp³-hybridized carbons (Fsp3) is 0.500. The highest BCUT2D eigenvalue weighted by Crippen LogP contribution is 2.36. The SMILES string of the molecule is CCc1csc(C(Cl)(Cl)[N+](=O)[O-])n1. The molecule has 1 aromatic heterocycles. The fourth-order valence-corrected chi connectivity index (χ4v) is 1.89. The van der Waals surface area contributed by atoms with E-state index in [2.05, 4.69) is 4.98 Å². The van der Waals surface area contributed by atoms with Gasteiger partial charge in [0.1, 0.15) is 0 Å². The van der Waals surface area contributed by atoms with Crippen molar-refractivity contribution in [3.63, 3.8) is 0 Å². The van der Waals surface area contributed by atoms with Gasteiger partial charge in [-0.2, -0.15) is 0 Å². The first-order valence-electron chi connectivity index (χ1n) is 3.45. The van der Waals surface area contributed by atoms with Crippen LogP contribution in [-0.2, 0) is 10.9 Å². The van der Waals surface area contributed by atoms with E-state index in [9.17, 15) is 10.1 Å². The Hall–Kier alpha value is -0.390. The minimum absolute atomic E-state index is 0.109. The molecule has 1 heterocycles. The summed E-state index contributed by atoms with van der Waals surface area (Å²) in [5.74, 6) is 0. The van der Waals surface area contributed by atoms with E-state index in [1.165, 1.54) is 0 Å². The van der Waals surface area contributed by atoms with Crippen LogP contribution in [0.2, 0.25) is 0 Å². The average molecular weight is 241 g/mol. The Balaban J connectivity index is 3.00. The lowest BCUT2D eigenvalue weighted by molar-refractivity contribution is -0.522. The Morgan fingerprint density at radius 3 is 2.77 bits per heavy atom. The first-order valence-corrected chi connectivity index (χ1v) is 5.09. The van der Waals surface area contributed by atoms with Gasteiger partial charge in [0.25, 0.3) is 0 Å². The van der Waals surface area contributed by atoms with Gasteiger partial charge in [0, 0.05) is 5.38 Å². The van der Waals surface area contributed by atoms with Gasteiger partial charge in [-0.25, -0.2) is 4.98 Å². The third-order valence-corrected chi connectivity index (χ3v) is 3.26. The molecule has 0 unspecified atom stereocenters.